The van der Waals surface area contributed by atoms with E-state index in [2.05, 4.69) is 41.9 Å². The average Bonchev–Trinajstić information content (AvgIpc) is 2.27. The van der Waals surface area contributed by atoms with Gasteiger partial charge in [-0.25, -0.2) is 0 Å². The van der Waals surface area contributed by atoms with Gasteiger partial charge in [-0.15, -0.1) is 0 Å². The molecule has 3 heteroatoms. The number of aryl methyl sites for hydroxylation is 2. The van der Waals surface area contributed by atoms with Crippen LogP contribution in [-0.4, -0.2) is 13.9 Å². The number of hydrogen-bond donors (Lipinski definition) is 0. The van der Waals surface area contributed by atoms with Gasteiger partial charge in [0.05, 0.1) is 0 Å². The van der Waals surface area contributed by atoms with Crippen molar-refractivity contribution in [3.05, 3.63) is 27.7 Å². The maximum atomic E-state index is 5.45. The lowest BCUT2D eigenvalue weighted by atomic mass is 10.1. The molecule has 0 aliphatic heterocycles. The minimum Gasteiger partial charge on any atom is -0.468 e. The zero-order valence-electron chi connectivity index (χ0n) is 9.47. The highest BCUT2D eigenvalue weighted by Gasteiger charge is 2.06. The van der Waals surface area contributed by atoms with Crippen LogP contribution in [0.15, 0.2) is 16.6 Å². The van der Waals surface area contributed by atoms with Crippen molar-refractivity contribution in [3.63, 3.8) is 0 Å². The SMILES string of the molecule is CCc1cc(OCOC)cc(CC)c1Br. The smallest absolute Gasteiger partial charge is 0.188 e. The largest absolute Gasteiger partial charge is 0.468 e. The summed E-state index contributed by atoms with van der Waals surface area (Å²) in [4.78, 5) is 0. The summed E-state index contributed by atoms with van der Waals surface area (Å²) >= 11 is 3.62. The van der Waals surface area contributed by atoms with Gasteiger partial charge in [-0.1, -0.05) is 29.8 Å². The van der Waals surface area contributed by atoms with Crippen LogP contribution in [-0.2, 0) is 17.6 Å². The summed E-state index contributed by atoms with van der Waals surface area (Å²) in [6, 6.07) is 4.12. The molecule has 0 saturated carbocycles. The fourth-order valence-electron chi connectivity index (χ4n) is 1.44. The van der Waals surface area contributed by atoms with E-state index in [-0.39, 0.29) is 0 Å². The van der Waals surface area contributed by atoms with Gasteiger partial charge in [-0.3, -0.25) is 0 Å². The predicted octanol–water partition coefficient (Wildman–Crippen LogP) is 3.56. The molecule has 0 spiro atoms. The lowest BCUT2D eigenvalue weighted by Crippen LogP contribution is -2.01. The van der Waals surface area contributed by atoms with Crippen molar-refractivity contribution in [3.8, 4) is 5.75 Å². The molecular formula is C12H17BrO2. The Balaban J connectivity index is 2.98. The second-order valence-corrected chi connectivity index (χ2v) is 4.11. The topological polar surface area (TPSA) is 18.5 Å². The predicted molar refractivity (Wildman–Crippen MR) is 65.4 cm³/mol. The first-order valence-electron chi connectivity index (χ1n) is 5.15. The number of rotatable bonds is 5. The van der Waals surface area contributed by atoms with Crippen molar-refractivity contribution in [2.45, 2.75) is 26.7 Å². The highest BCUT2D eigenvalue weighted by molar-refractivity contribution is 9.10. The minimum absolute atomic E-state index is 0.300. The van der Waals surface area contributed by atoms with Crippen LogP contribution in [0.5, 0.6) is 5.75 Å². The molecule has 0 heterocycles. The highest BCUT2D eigenvalue weighted by Crippen LogP contribution is 2.28. The molecule has 0 atom stereocenters. The van der Waals surface area contributed by atoms with E-state index in [4.69, 9.17) is 9.47 Å². The molecule has 1 rings (SSSR count). The highest BCUT2D eigenvalue weighted by atomic mass is 79.9. The molecule has 0 aromatic heterocycles. The Kier molecular flexibility index (Phi) is 5.12. The molecule has 0 bridgehead atoms. The van der Waals surface area contributed by atoms with Crippen LogP contribution in [0, 0.1) is 0 Å². The molecule has 2 nitrogen and oxygen atoms in total. The molecule has 0 fully saturated rings. The fraction of sp³-hybridized carbons (Fsp3) is 0.500. The Bertz CT molecular complexity index is 298. The van der Waals surface area contributed by atoms with Crippen molar-refractivity contribution in [1.29, 1.82) is 0 Å². The number of hydrogen-bond acceptors (Lipinski definition) is 2. The third-order valence-electron chi connectivity index (χ3n) is 2.30. The third kappa shape index (κ3) is 3.21. The second kappa shape index (κ2) is 6.13. The van der Waals surface area contributed by atoms with Gasteiger partial charge in [0.25, 0.3) is 0 Å². The first kappa shape index (κ1) is 12.5. The van der Waals surface area contributed by atoms with Crippen LogP contribution in [0.25, 0.3) is 0 Å². The van der Waals surface area contributed by atoms with Gasteiger partial charge < -0.3 is 9.47 Å². The van der Waals surface area contributed by atoms with Gasteiger partial charge in [-0.05, 0) is 36.1 Å². The van der Waals surface area contributed by atoms with E-state index in [1.54, 1.807) is 7.11 Å². The number of ether oxygens (including phenoxy) is 2. The molecule has 0 aliphatic rings. The zero-order valence-corrected chi connectivity index (χ0v) is 11.1. The van der Waals surface area contributed by atoms with Crippen molar-refractivity contribution >= 4 is 15.9 Å². The first-order chi connectivity index (χ1) is 7.22. The maximum Gasteiger partial charge on any atom is 0.188 e. The first-order valence-corrected chi connectivity index (χ1v) is 5.95. The molecule has 0 radical (unpaired) electrons. The number of halogens is 1. The van der Waals surface area contributed by atoms with E-state index in [0.717, 1.165) is 18.6 Å². The molecule has 0 amide bonds. The van der Waals surface area contributed by atoms with Gasteiger partial charge in [0.2, 0.25) is 0 Å². The standard InChI is InChI=1S/C12H17BrO2/c1-4-9-6-11(15-8-14-3)7-10(5-2)12(9)13/h6-7H,4-5,8H2,1-3H3. The van der Waals surface area contributed by atoms with Crippen LogP contribution in [0.3, 0.4) is 0 Å². The van der Waals surface area contributed by atoms with Crippen LogP contribution in [0.2, 0.25) is 0 Å². The molecule has 0 saturated heterocycles. The minimum atomic E-state index is 0.300. The van der Waals surface area contributed by atoms with E-state index in [9.17, 15) is 0 Å². The van der Waals surface area contributed by atoms with Crippen molar-refractivity contribution in [2.24, 2.45) is 0 Å². The van der Waals surface area contributed by atoms with Gasteiger partial charge in [0.1, 0.15) is 5.75 Å². The maximum absolute atomic E-state index is 5.45. The summed E-state index contributed by atoms with van der Waals surface area (Å²) < 4.78 is 11.5. The molecule has 84 valence electrons. The van der Waals surface area contributed by atoms with Crippen LogP contribution in [0.4, 0.5) is 0 Å². The Morgan fingerprint density at radius 2 is 1.67 bits per heavy atom. The summed E-state index contributed by atoms with van der Waals surface area (Å²) in [6.07, 6.45) is 2.00. The lowest BCUT2D eigenvalue weighted by molar-refractivity contribution is 0.0510. The Morgan fingerprint density at radius 3 is 2.07 bits per heavy atom. The second-order valence-electron chi connectivity index (χ2n) is 3.31. The lowest BCUT2D eigenvalue weighted by Gasteiger charge is -2.11. The van der Waals surface area contributed by atoms with E-state index in [0.29, 0.717) is 6.79 Å². The summed E-state index contributed by atoms with van der Waals surface area (Å²) in [5, 5.41) is 0. The van der Waals surface area contributed by atoms with Crippen molar-refractivity contribution in [1.82, 2.24) is 0 Å². The number of benzene rings is 1. The van der Waals surface area contributed by atoms with E-state index in [1.165, 1.54) is 15.6 Å². The van der Waals surface area contributed by atoms with E-state index < -0.39 is 0 Å². The quantitative estimate of drug-likeness (QED) is 0.764. The fourth-order valence-corrected chi connectivity index (χ4v) is 2.23. The van der Waals surface area contributed by atoms with Crippen LogP contribution >= 0.6 is 15.9 Å². The van der Waals surface area contributed by atoms with Crippen LogP contribution < -0.4 is 4.74 Å². The Morgan fingerprint density at radius 1 is 1.13 bits per heavy atom. The molecular weight excluding hydrogens is 256 g/mol. The molecule has 0 N–H and O–H groups in total. The van der Waals surface area contributed by atoms with Gasteiger partial charge in [-0.2, -0.15) is 0 Å². The average molecular weight is 273 g/mol. The van der Waals surface area contributed by atoms with E-state index >= 15 is 0 Å². The zero-order chi connectivity index (χ0) is 11.3. The number of methoxy groups -OCH3 is 1. The van der Waals surface area contributed by atoms with Gasteiger partial charge in [0, 0.05) is 11.6 Å². The van der Waals surface area contributed by atoms with Gasteiger partial charge >= 0.3 is 0 Å². The molecule has 0 aliphatic carbocycles. The molecule has 0 unspecified atom stereocenters. The molecule has 1 aromatic carbocycles. The van der Waals surface area contributed by atoms with Crippen LogP contribution in [0.1, 0.15) is 25.0 Å². The summed E-state index contributed by atoms with van der Waals surface area (Å²) in [6.45, 7) is 4.58. The Labute approximate surface area is 99.7 Å². The summed E-state index contributed by atoms with van der Waals surface area (Å²) in [5.41, 5.74) is 2.56. The van der Waals surface area contributed by atoms with Crippen molar-refractivity contribution < 1.29 is 9.47 Å². The van der Waals surface area contributed by atoms with Crippen molar-refractivity contribution in [2.75, 3.05) is 13.9 Å². The summed E-state index contributed by atoms with van der Waals surface area (Å²) in [5.74, 6) is 0.883. The monoisotopic (exact) mass is 272 g/mol. The third-order valence-corrected chi connectivity index (χ3v) is 3.32. The van der Waals surface area contributed by atoms with E-state index in [1.807, 2.05) is 0 Å². The summed E-state index contributed by atoms with van der Waals surface area (Å²) in [7, 11) is 1.63. The molecule has 15 heavy (non-hydrogen) atoms. The van der Waals surface area contributed by atoms with Gasteiger partial charge in [0.15, 0.2) is 6.79 Å². The Hall–Kier alpha value is -0.540. The normalized spacial score (nSPS) is 10.4. The molecule has 1 aromatic rings.